The van der Waals surface area contributed by atoms with E-state index in [4.69, 9.17) is 0 Å². The smallest absolute Gasteiger partial charge is 0.103 e. The molecule has 4 unspecified atom stereocenters. The Hall–Kier alpha value is 0.0249. The van der Waals surface area contributed by atoms with Crippen LogP contribution in [0.5, 0.6) is 0 Å². The predicted molar refractivity (Wildman–Crippen MR) is 85.0 cm³/mol. The van der Waals surface area contributed by atoms with Crippen LogP contribution in [0.25, 0.3) is 0 Å². The molecule has 4 atom stereocenters. The molecule has 1 fully saturated rings. The fourth-order valence-electron chi connectivity index (χ4n) is 3.45. The van der Waals surface area contributed by atoms with Crippen LogP contribution >= 0.6 is 0 Å². The van der Waals surface area contributed by atoms with Crippen LogP contribution in [0.3, 0.4) is 0 Å². The summed E-state index contributed by atoms with van der Waals surface area (Å²) in [6.07, 6.45) is 9.88. The lowest BCUT2D eigenvalue weighted by Gasteiger charge is -2.30. The maximum Gasteiger partial charge on any atom is 0.103 e. The zero-order valence-electron chi connectivity index (χ0n) is 13.4. The molecule has 0 spiro atoms. The minimum Gasteiger partial charge on any atom is -0.304 e. The first-order valence-electron chi connectivity index (χ1n) is 8.26. The normalized spacial score (nSPS) is 27.6. The standard InChI is InChI=1S/C16H34BN/c1-5-13(2)11-16(12-17)18(4)9-8-15-7-6-14(3)10-15/h13-16H,5-12,17H2,1-4H3. The average molecular weight is 251 g/mol. The Bertz CT molecular complexity index is 219. The van der Waals surface area contributed by atoms with E-state index in [1.165, 1.54) is 51.4 Å². The summed E-state index contributed by atoms with van der Waals surface area (Å²) in [6, 6.07) is 0.804. The Morgan fingerprint density at radius 2 is 2.06 bits per heavy atom. The van der Waals surface area contributed by atoms with Gasteiger partial charge in [-0.05, 0) is 50.6 Å². The van der Waals surface area contributed by atoms with Crippen LogP contribution in [-0.2, 0) is 0 Å². The molecule has 1 rings (SSSR count). The zero-order valence-corrected chi connectivity index (χ0v) is 13.4. The lowest BCUT2D eigenvalue weighted by Crippen LogP contribution is -2.34. The van der Waals surface area contributed by atoms with Gasteiger partial charge in [-0.1, -0.05) is 46.4 Å². The molecule has 0 aliphatic heterocycles. The molecular weight excluding hydrogens is 217 g/mol. The Kier molecular flexibility index (Phi) is 7.37. The third-order valence-electron chi connectivity index (χ3n) is 5.16. The Morgan fingerprint density at radius 1 is 1.33 bits per heavy atom. The molecule has 0 radical (unpaired) electrons. The number of hydrogen-bond acceptors (Lipinski definition) is 1. The summed E-state index contributed by atoms with van der Waals surface area (Å²) < 4.78 is 0. The highest BCUT2D eigenvalue weighted by Crippen LogP contribution is 2.32. The Morgan fingerprint density at radius 3 is 2.56 bits per heavy atom. The second-order valence-corrected chi connectivity index (χ2v) is 6.86. The first kappa shape index (κ1) is 16.1. The summed E-state index contributed by atoms with van der Waals surface area (Å²) in [5, 5.41) is 0. The zero-order chi connectivity index (χ0) is 13.5. The van der Waals surface area contributed by atoms with Crippen molar-refractivity contribution in [2.24, 2.45) is 17.8 Å². The molecule has 1 nitrogen and oxygen atoms in total. The van der Waals surface area contributed by atoms with Crippen molar-refractivity contribution in [1.29, 1.82) is 0 Å². The minimum absolute atomic E-state index is 0.804. The van der Waals surface area contributed by atoms with E-state index in [-0.39, 0.29) is 0 Å². The summed E-state index contributed by atoms with van der Waals surface area (Å²) in [5.74, 6) is 2.88. The summed E-state index contributed by atoms with van der Waals surface area (Å²) >= 11 is 0. The van der Waals surface area contributed by atoms with Gasteiger partial charge in [-0.2, -0.15) is 0 Å². The molecule has 0 aromatic rings. The largest absolute Gasteiger partial charge is 0.304 e. The molecule has 0 heterocycles. The van der Waals surface area contributed by atoms with E-state index in [2.05, 4.69) is 40.6 Å². The van der Waals surface area contributed by atoms with E-state index in [0.717, 1.165) is 23.8 Å². The van der Waals surface area contributed by atoms with Crippen molar-refractivity contribution in [2.45, 2.75) is 71.7 Å². The highest BCUT2D eigenvalue weighted by Gasteiger charge is 2.22. The Labute approximate surface area is 116 Å². The van der Waals surface area contributed by atoms with Gasteiger partial charge in [0, 0.05) is 6.04 Å². The summed E-state index contributed by atoms with van der Waals surface area (Å²) in [6.45, 7) is 8.44. The van der Waals surface area contributed by atoms with Gasteiger partial charge in [0.15, 0.2) is 0 Å². The molecule has 0 N–H and O–H groups in total. The molecule has 106 valence electrons. The van der Waals surface area contributed by atoms with Gasteiger partial charge >= 0.3 is 0 Å². The van der Waals surface area contributed by atoms with Crippen LogP contribution in [0.1, 0.15) is 59.3 Å². The summed E-state index contributed by atoms with van der Waals surface area (Å²) in [7, 11) is 4.69. The van der Waals surface area contributed by atoms with E-state index < -0.39 is 0 Å². The summed E-state index contributed by atoms with van der Waals surface area (Å²) in [5.41, 5.74) is 0. The van der Waals surface area contributed by atoms with Crippen LogP contribution in [0.4, 0.5) is 0 Å². The summed E-state index contributed by atoms with van der Waals surface area (Å²) in [4.78, 5) is 2.63. The molecule has 18 heavy (non-hydrogen) atoms. The van der Waals surface area contributed by atoms with Crippen LogP contribution in [0, 0.1) is 17.8 Å². The molecule has 0 aromatic carbocycles. The fourth-order valence-corrected chi connectivity index (χ4v) is 3.45. The van der Waals surface area contributed by atoms with Gasteiger partial charge < -0.3 is 4.90 Å². The van der Waals surface area contributed by atoms with Gasteiger partial charge in [-0.15, -0.1) is 0 Å². The van der Waals surface area contributed by atoms with Gasteiger partial charge in [-0.25, -0.2) is 0 Å². The van der Waals surface area contributed by atoms with E-state index in [1.54, 1.807) is 0 Å². The number of nitrogens with zero attached hydrogens (tertiary/aromatic N) is 1. The van der Waals surface area contributed by atoms with Crippen molar-refractivity contribution in [3.05, 3.63) is 0 Å². The van der Waals surface area contributed by atoms with Crippen molar-refractivity contribution in [3.8, 4) is 0 Å². The minimum atomic E-state index is 0.804. The van der Waals surface area contributed by atoms with E-state index in [9.17, 15) is 0 Å². The van der Waals surface area contributed by atoms with Crippen LogP contribution in [0.15, 0.2) is 0 Å². The monoisotopic (exact) mass is 251 g/mol. The quantitative estimate of drug-likeness (QED) is 0.596. The molecular formula is C16H34BN. The van der Waals surface area contributed by atoms with Gasteiger partial charge in [0.1, 0.15) is 7.85 Å². The van der Waals surface area contributed by atoms with Crippen LogP contribution in [0.2, 0.25) is 6.32 Å². The van der Waals surface area contributed by atoms with Gasteiger partial charge in [0.05, 0.1) is 0 Å². The lowest BCUT2D eigenvalue weighted by atomic mass is 9.88. The van der Waals surface area contributed by atoms with Gasteiger partial charge in [0.25, 0.3) is 0 Å². The van der Waals surface area contributed by atoms with Crippen LogP contribution in [-0.4, -0.2) is 32.4 Å². The highest BCUT2D eigenvalue weighted by molar-refractivity contribution is 6.08. The van der Waals surface area contributed by atoms with Crippen molar-refractivity contribution < 1.29 is 0 Å². The predicted octanol–water partition coefficient (Wildman–Crippen LogP) is 3.60. The molecule has 0 saturated heterocycles. The average Bonchev–Trinajstić information content (AvgIpc) is 2.78. The molecule has 0 bridgehead atoms. The van der Waals surface area contributed by atoms with Crippen molar-refractivity contribution in [1.82, 2.24) is 4.90 Å². The van der Waals surface area contributed by atoms with Crippen LogP contribution < -0.4 is 0 Å². The Balaban J connectivity index is 2.26. The molecule has 1 aliphatic rings. The van der Waals surface area contributed by atoms with E-state index >= 15 is 0 Å². The molecule has 1 aliphatic carbocycles. The first-order chi connectivity index (χ1) is 8.56. The maximum atomic E-state index is 2.63. The molecule has 2 heteroatoms. The fraction of sp³-hybridized carbons (Fsp3) is 1.00. The van der Waals surface area contributed by atoms with E-state index in [1.807, 2.05) is 0 Å². The maximum absolute atomic E-state index is 2.63. The lowest BCUT2D eigenvalue weighted by molar-refractivity contribution is 0.208. The third-order valence-corrected chi connectivity index (χ3v) is 5.16. The van der Waals surface area contributed by atoms with Crippen molar-refractivity contribution in [2.75, 3.05) is 13.6 Å². The van der Waals surface area contributed by atoms with Gasteiger partial charge in [0.2, 0.25) is 0 Å². The topological polar surface area (TPSA) is 3.24 Å². The van der Waals surface area contributed by atoms with Crippen molar-refractivity contribution >= 4 is 7.85 Å². The number of hydrogen-bond donors (Lipinski definition) is 0. The molecule has 1 saturated carbocycles. The molecule has 0 aromatic heterocycles. The first-order valence-corrected chi connectivity index (χ1v) is 8.26. The number of rotatable bonds is 8. The van der Waals surface area contributed by atoms with Crippen molar-refractivity contribution in [3.63, 3.8) is 0 Å². The third kappa shape index (κ3) is 5.34. The van der Waals surface area contributed by atoms with E-state index in [0.29, 0.717) is 0 Å². The van der Waals surface area contributed by atoms with Gasteiger partial charge in [-0.3, -0.25) is 0 Å². The second kappa shape index (κ2) is 8.25. The SMILES string of the molecule is BCC(CC(C)CC)N(C)CCC1CCC(C)C1. The molecule has 0 amide bonds. The highest BCUT2D eigenvalue weighted by atomic mass is 15.1. The second-order valence-electron chi connectivity index (χ2n) is 6.86.